The SMILES string of the molecule is CCOC(=O)CCCCCCCN(C(=N)/C=C\NC)c1cc(-c2ccc(F)cc2)ccn1. The number of nitrogens with one attached hydrogen (secondary N) is 2. The number of benzene rings is 1. The molecule has 0 bridgehead atoms. The van der Waals surface area contributed by atoms with Crippen LogP contribution < -0.4 is 10.2 Å². The number of pyridine rings is 1. The van der Waals surface area contributed by atoms with Gasteiger partial charge in [-0.2, -0.15) is 0 Å². The van der Waals surface area contributed by atoms with Crippen LogP contribution in [0.5, 0.6) is 0 Å². The molecule has 0 aliphatic heterocycles. The minimum atomic E-state index is -0.272. The average Bonchev–Trinajstić information content (AvgIpc) is 2.80. The van der Waals surface area contributed by atoms with Crippen molar-refractivity contribution < 1.29 is 13.9 Å². The molecule has 0 aliphatic rings. The van der Waals surface area contributed by atoms with Crippen molar-refractivity contribution in [2.24, 2.45) is 0 Å². The Hall–Kier alpha value is -3.22. The molecule has 0 amide bonds. The average molecular weight is 441 g/mol. The molecular formula is C25H33FN4O2. The van der Waals surface area contributed by atoms with Crippen molar-refractivity contribution in [3.63, 3.8) is 0 Å². The van der Waals surface area contributed by atoms with Crippen LogP contribution in [0, 0.1) is 11.2 Å². The molecule has 1 aromatic heterocycles. The number of aromatic nitrogens is 1. The van der Waals surface area contributed by atoms with Gasteiger partial charge in [-0.1, -0.05) is 31.4 Å². The Labute approximate surface area is 190 Å². The molecule has 1 heterocycles. The minimum Gasteiger partial charge on any atom is -0.466 e. The summed E-state index contributed by atoms with van der Waals surface area (Å²) in [6.45, 7) is 2.90. The molecule has 0 atom stereocenters. The van der Waals surface area contributed by atoms with E-state index in [2.05, 4.69) is 10.3 Å². The molecule has 0 radical (unpaired) electrons. The van der Waals surface area contributed by atoms with E-state index in [1.165, 1.54) is 12.1 Å². The maximum atomic E-state index is 13.3. The summed E-state index contributed by atoms with van der Waals surface area (Å²) >= 11 is 0. The standard InChI is InChI=1S/C25H33FN4O2/c1-3-32-25(31)9-7-5-4-6-8-18-30(23(27)15-16-28-2)24-19-21(14-17-29-24)20-10-12-22(26)13-11-20/h10-17,19,27-28H,3-9,18H2,1-2H3/b16-15-,27-23?. The van der Waals surface area contributed by atoms with Crippen LogP contribution in [-0.4, -0.2) is 37.0 Å². The molecule has 0 aliphatic carbocycles. The Morgan fingerprint density at radius 1 is 1.12 bits per heavy atom. The number of hydrogen-bond acceptors (Lipinski definition) is 5. The third-order valence-electron chi connectivity index (χ3n) is 4.97. The first-order valence-electron chi connectivity index (χ1n) is 11.1. The van der Waals surface area contributed by atoms with Crippen molar-refractivity contribution in [2.45, 2.75) is 45.4 Å². The first-order valence-corrected chi connectivity index (χ1v) is 11.1. The highest BCUT2D eigenvalue weighted by Crippen LogP contribution is 2.24. The summed E-state index contributed by atoms with van der Waals surface area (Å²) in [5.74, 6) is 0.617. The third kappa shape index (κ3) is 8.49. The summed E-state index contributed by atoms with van der Waals surface area (Å²) in [7, 11) is 1.79. The molecular weight excluding hydrogens is 407 g/mol. The topological polar surface area (TPSA) is 78.3 Å². The summed E-state index contributed by atoms with van der Waals surface area (Å²) in [5.41, 5.74) is 1.82. The van der Waals surface area contributed by atoms with Gasteiger partial charge in [0.15, 0.2) is 0 Å². The minimum absolute atomic E-state index is 0.129. The van der Waals surface area contributed by atoms with E-state index in [-0.39, 0.29) is 11.8 Å². The molecule has 0 fully saturated rings. The Morgan fingerprint density at radius 2 is 1.84 bits per heavy atom. The zero-order valence-electron chi connectivity index (χ0n) is 18.9. The normalized spacial score (nSPS) is 10.8. The summed E-state index contributed by atoms with van der Waals surface area (Å²) in [4.78, 5) is 17.8. The first kappa shape index (κ1) is 25.0. The molecule has 0 saturated carbocycles. The molecule has 0 spiro atoms. The number of hydrogen-bond donors (Lipinski definition) is 2. The second-order valence-electron chi connectivity index (χ2n) is 7.39. The molecule has 2 N–H and O–H groups in total. The number of carbonyl (C=O) groups is 1. The number of nitrogens with zero attached hydrogens (tertiary/aromatic N) is 2. The van der Waals surface area contributed by atoms with Gasteiger partial charge in [0, 0.05) is 26.2 Å². The Bertz CT molecular complexity index is 884. The maximum absolute atomic E-state index is 13.3. The zero-order valence-corrected chi connectivity index (χ0v) is 18.9. The van der Waals surface area contributed by atoms with E-state index in [4.69, 9.17) is 10.1 Å². The quantitative estimate of drug-likeness (QED) is 0.191. The second kappa shape index (κ2) is 14.0. The number of anilines is 1. The number of halogens is 1. The maximum Gasteiger partial charge on any atom is 0.305 e. The van der Waals surface area contributed by atoms with Crippen molar-refractivity contribution >= 4 is 17.6 Å². The lowest BCUT2D eigenvalue weighted by molar-refractivity contribution is -0.143. The van der Waals surface area contributed by atoms with Crippen molar-refractivity contribution in [3.05, 3.63) is 60.7 Å². The highest BCUT2D eigenvalue weighted by Gasteiger charge is 2.13. The van der Waals surface area contributed by atoms with E-state index in [0.717, 1.165) is 43.2 Å². The fourth-order valence-electron chi connectivity index (χ4n) is 3.30. The van der Waals surface area contributed by atoms with Crippen molar-refractivity contribution in [1.82, 2.24) is 10.3 Å². The van der Waals surface area contributed by atoms with Gasteiger partial charge in [0.2, 0.25) is 0 Å². The summed E-state index contributed by atoms with van der Waals surface area (Å²) < 4.78 is 18.2. The number of amidine groups is 1. The number of rotatable bonds is 13. The number of ether oxygens (including phenoxy) is 1. The zero-order chi connectivity index (χ0) is 23.2. The van der Waals surface area contributed by atoms with Gasteiger partial charge in [-0.05, 0) is 67.4 Å². The predicted octanol–water partition coefficient (Wildman–Crippen LogP) is 5.31. The molecule has 6 nitrogen and oxygen atoms in total. The van der Waals surface area contributed by atoms with Crippen LogP contribution in [0.2, 0.25) is 0 Å². The molecule has 0 unspecified atom stereocenters. The smallest absolute Gasteiger partial charge is 0.305 e. The Balaban J connectivity index is 1.98. The molecule has 1 aromatic carbocycles. The van der Waals surface area contributed by atoms with Crippen LogP contribution in [-0.2, 0) is 9.53 Å². The van der Waals surface area contributed by atoms with Crippen LogP contribution >= 0.6 is 0 Å². The molecule has 2 aromatic rings. The van der Waals surface area contributed by atoms with Gasteiger partial charge >= 0.3 is 5.97 Å². The van der Waals surface area contributed by atoms with E-state index in [9.17, 15) is 9.18 Å². The third-order valence-corrected chi connectivity index (χ3v) is 4.97. The highest BCUT2D eigenvalue weighted by atomic mass is 19.1. The van der Waals surface area contributed by atoms with Crippen LogP contribution in [0.1, 0.15) is 45.4 Å². The number of esters is 1. The van der Waals surface area contributed by atoms with E-state index in [1.807, 2.05) is 24.0 Å². The van der Waals surface area contributed by atoms with Gasteiger partial charge in [-0.15, -0.1) is 0 Å². The lowest BCUT2D eigenvalue weighted by atomic mass is 10.1. The molecule has 32 heavy (non-hydrogen) atoms. The lowest BCUT2D eigenvalue weighted by Crippen LogP contribution is -2.31. The molecule has 172 valence electrons. The largest absolute Gasteiger partial charge is 0.466 e. The van der Waals surface area contributed by atoms with E-state index < -0.39 is 0 Å². The lowest BCUT2D eigenvalue weighted by Gasteiger charge is -2.23. The van der Waals surface area contributed by atoms with Crippen molar-refractivity contribution in [1.29, 1.82) is 5.41 Å². The number of carbonyl (C=O) groups excluding carboxylic acids is 1. The van der Waals surface area contributed by atoms with Gasteiger partial charge in [0.1, 0.15) is 17.5 Å². The fourth-order valence-corrected chi connectivity index (χ4v) is 3.30. The molecule has 2 rings (SSSR count). The van der Waals surface area contributed by atoms with Gasteiger partial charge in [-0.25, -0.2) is 9.37 Å². The van der Waals surface area contributed by atoms with Crippen LogP contribution in [0.4, 0.5) is 10.2 Å². The summed E-state index contributed by atoms with van der Waals surface area (Å²) in [5, 5.41) is 11.4. The van der Waals surface area contributed by atoms with Crippen molar-refractivity contribution in [2.75, 3.05) is 25.1 Å². The van der Waals surface area contributed by atoms with E-state index in [1.54, 1.807) is 37.7 Å². The van der Waals surface area contributed by atoms with Crippen LogP contribution in [0.25, 0.3) is 11.1 Å². The summed E-state index contributed by atoms with van der Waals surface area (Å²) in [6.07, 6.45) is 10.3. The second-order valence-corrected chi connectivity index (χ2v) is 7.39. The van der Waals surface area contributed by atoms with Gasteiger partial charge < -0.3 is 15.0 Å². The van der Waals surface area contributed by atoms with E-state index in [0.29, 0.717) is 31.2 Å². The first-order chi connectivity index (χ1) is 15.5. The number of unbranched alkanes of at least 4 members (excludes halogenated alkanes) is 4. The van der Waals surface area contributed by atoms with Gasteiger partial charge in [-0.3, -0.25) is 10.2 Å². The van der Waals surface area contributed by atoms with Crippen molar-refractivity contribution in [3.8, 4) is 11.1 Å². The summed E-state index contributed by atoms with van der Waals surface area (Å²) in [6, 6.07) is 10.2. The van der Waals surface area contributed by atoms with Gasteiger partial charge in [0.25, 0.3) is 0 Å². The fraction of sp³-hybridized carbons (Fsp3) is 0.400. The molecule has 0 saturated heterocycles. The van der Waals surface area contributed by atoms with Gasteiger partial charge in [0.05, 0.1) is 6.61 Å². The predicted molar refractivity (Wildman–Crippen MR) is 127 cm³/mol. The molecule has 7 heteroatoms. The van der Waals surface area contributed by atoms with Crippen LogP contribution in [0.15, 0.2) is 54.9 Å². The Morgan fingerprint density at radius 3 is 2.56 bits per heavy atom. The monoisotopic (exact) mass is 440 g/mol. The van der Waals surface area contributed by atoms with E-state index >= 15 is 0 Å². The highest BCUT2D eigenvalue weighted by molar-refractivity contribution is 6.03. The Kier molecular flexibility index (Phi) is 10.9. The van der Waals surface area contributed by atoms with Crippen LogP contribution in [0.3, 0.4) is 0 Å².